The minimum atomic E-state index is -0.504. The summed E-state index contributed by atoms with van der Waals surface area (Å²) in [5, 5.41) is 24.1. The Balaban J connectivity index is 1.68. The van der Waals surface area contributed by atoms with Gasteiger partial charge in [-0.1, -0.05) is 13.8 Å². The summed E-state index contributed by atoms with van der Waals surface area (Å²) >= 11 is 0. The average Bonchev–Trinajstić information content (AvgIpc) is 2.96. The summed E-state index contributed by atoms with van der Waals surface area (Å²) in [4.78, 5) is 22.5. The van der Waals surface area contributed by atoms with Gasteiger partial charge in [-0.15, -0.1) is 0 Å². The number of likely N-dealkylation sites (tertiary alicyclic amines) is 1. The summed E-state index contributed by atoms with van der Waals surface area (Å²) in [6.45, 7) is 7.31. The molecule has 4 atom stereocenters. The first-order chi connectivity index (χ1) is 13.4. The quantitative estimate of drug-likeness (QED) is 0.673. The summed E-state index contributed by atoms with van der Waals surface area (Å²) < 4.78 is 0. The van der Waals surface area contributed by atoms with E-state index in [0.29, 0.717) is 18.9 Å². The summed E-state index contributed by atoms with van der Waals surface area (Å²) in [6.07, 6.45) is 4.51. The number of rotatable bonds is 6. The van der Waals surface area contributed by atoms with E-state index in [1.165, 1.54) is 0 Å². The third kappa shape index (κ3) is 4.88. The Morgan fingerprint density at radius 1 is 1.32 bits per heavy atom. The lowest BCUT2D eigenvalue weighted by Gasteiger charge is -2.35. The molecule has 7 heteroatoms. The number of aromatic nitrogens is 2. The fraction of sp³-hybridized carbons (Fsp3) is 0.762. The zero-order valence-electron chi connectivity index (χ0n) is 17.2. The molecule has 2 fully saturated rings. The van der Waals surface area contributed by atoms with Crippen LogP contribution < -0.4 is 5.32 Å². The van der Waals surface area contributed by atoms with E-state index in [2.05, 4.69) is 24.1 Å². The largest absolute Gasteiger partial charge is 0.396 e. The molecule has 1 aliphatic heterocycles. The monoisotopic (exact) mass is 390 g/mol. The van der Waals surface area contributed by atoms with Crippen LogP contribution in [-0.4, -0.2) is 68.9 Å². The van der Waals surface area contributed by atoms with Crippen molar-refractivity contribution in [3.05, 3.63) is 23.8 Å². The highest BCUT2D eigenvalue weighted by Gasteiger charge is 2.43. The fourth-order valence-corrected chi connectivity index (χ4v) is 4.65. The molecule has 0 spiro atoms. The molecule has 156 valence electrons. The third-order valence-corrected chi connectivity index (χ3v) is 6.35. The van der Waals surface area contributed by atoms with Crippen LogP contribution in [-0.2, 0) is 11.2 Å². The Morgan fingerprint density at radius 2 is 2.04 bits per heavy atom. The normalized spacial score (nSPS) is 28.9. The maximum Gasteiger partial charge on any atom is 0.219 e. The van der Waals surface area contributed by atoms with Gasteiger partial charge in [0.05, 0.1) is 6.10 Å². The lowest BCUT2D eigenvalue weighted by molar-refractivity contribution is -0.129. The molecule has 3 rings (SSSR count). The van der Waals surface area contributed by atoms with Crippen molar-refractivity contribution in [2.24, 2.45) is 11.8 Å². The fourth-order valence-electron chi connectivity index (χ4n) is 4.65. The van der Waals surface area contributed by atoms with Crippen molar-refractivity contribution in [1.82, 2.24) is 20.2 Å². The van der Waals surface area contributed by atoms with Gasteiger partial charge >= 0.3 is 0 Å². The molecule has 7 nitrogen and oxygen atoms in total. The molecule has 2 heterocycles. The Kier molecular flexibility index (Phi) is 7.01. The minimum Gasteiger partial charge on any atom is -0.396 e. The van der Waals surface area contributed by atoms with Crippen molar-refractivity contribution < 1.29 is 15.0 Å². The second-order valence-corrected chi connectivity index (χ2v) is 8.63. The van der Waals surface area contributed by atoms with E-state index >= 15 is 0 Å². The Labute approximate surface area is 167 Å². The van der Waals surface area contributed by atoms with Gasteiger partial charge in [0.2, 0.25) is 5.91 Å². The number of nitrogens with one attached hydrogen (secondary N) is 1. The number of hydrogen-bond donors (Lipinski definition) is 3. The van der Waals surface area contributed by atoms with Crippen molar-refractivity contribution in [2.45, 2.75) is 70.6 Å². The van der Waals surface area contributed by atoms with Crippen LogP contribution in [0, 0.1) is 11.8 Å². The lowest BCUT2D eigenvalue weighted by atomic mass is 9.88. The predicted molar refractivity (Wildman–Crippen MR) is 107 cm³/mol. The first-order valence-corrected chi connectivity index (χ1v) is 10.5. The van der Waals surface area contributed by atoms with Crippen LogP contribution in [0.1, 0.15) is 57.5 Å². The zero-order chi connectivity index (χ0) is 20.3. The van der Waals surface area contributed by atoms with Gasteiger partial charge in [0, 0.05) is 62.4 Å². The molecular weight excluding hydrogens is 356 g/mol. The van der Waals surface area contributed by atoms with Crippen molar-refractivity contribution in [3.63, 3.8) is 0 Å². The maximum atomic E-state index is 11.5. The standard InChI is InChI=1S/C21H34N4O3/c1-13(2)21-22-7-4-16(24-21)10-17-18(12-26)20(28)11-19(17)23-15-5-8-25(9-6-15)14(3)27/h4,7,13,15,17-20,23,26,28H,5-6,8-12H2,1-3H3. The molecule has 0 aromatic carbocycles. The van der Waals surface area contributed by atoms with Crippen LogP contribution in [0.15, 0.2) is 12.3 Å². The molecule has 2 aliphatic rings. The van der Waals surface area contributed by atoms with Gasteiger partial charge in [0.25, 0.3) is 0 Å². The van der Waals surface area contributed by atoms with E-state index < -0.39 is 6.10 Å². The minimum absolute atomic E-state index is 0.0189. The van der Waals surface area contributed by atoms with Gasteiger partial charge < -0.3 is 20.4 Å². The number of carbonyl (C=O) groups is 1. The van der Waals surface area contributed by atoms with Crippen molar-refractivity contribution >= 4 is 5.91 Å². The second-order valence-electron chi connectivity index (χ2n) is 8.63. The number of aliphatic hydroxyl groups is 2. The molecule has 1 aliphatic carbocycles. The highest BCUT2D eigenvalue weighted by atomic mass is 16.3. The summed E-state index contributed by atoms with van der Waals surface area (Å²) in [5.74, 6) is 1.21. The van der Waals surface area contributed by atoms with Crippen LogP contribution in [0.4, 0.5) is 0 Å². The van der Waals surface area contributed by atoms with E-state index in [9.17, 15) is 15.0 Å². The van der Waals surface area contributed by atoms with E-state index in [1.807, 2.05) is 11.0 Å². The molecule has 1 saturated carbocycles. The van der Waals surface area contributed by atoms with Crippen LogP contribution >= 0.6 is 0 Å². The molecule has 0 radical (unpaired) electrons. The molecular formula is C21H34N4O3. The predicted octanol–water partition coefficient (Wildman–Crippen LogP) is 1.10. The van der Waals surface area contributed by atoms with Gasteiger partial charge in [-0.05, 0) is 37.7 Å². The van der Waals surface area contributed by atoms with Gasteiger partial charge in [-0.25, -0.2) is 9.97 Å². The molecule has 0 bridgehead atoms. The highest BCUT2D eigenvalue weighted by molar-refractivity contribution is 5.73. The number of aliphatic hydroxyl groups excluding tert-OH is 2. The molecule has 4 unspecified atom stereocenters. The van der Waals surface area contributed by atoms with Crippen LogP contribution in [0.3, 0.4) is 0 Å². The van der Waals surface area contributed by atoms with E-state index in [1.54, 1.807) is 13.1 Å². The SMILES string of the molecule is CC(=O)N1CCC(NC2CC(O)C(CO)C2Cc2ccnc(C(C)C)n2)CC1. The summed E-state index contributed by atoms with van der Waals surface area (Å²) in [5.41, 5.74) is 0.967. The number of carbonyl (C=O) groups excluding carboxylic acids is 1. The van der Waals surface area contributed by atoms with Gasteiger partial charge in [-0.2, -0.15) is 0 Å². The van der Waals surface area contributed by atoms with Gasteiger partial charge in [0.1, 0.15) is 5.82 Å². The topological polar surface area (TPSA) is 98.6 Å². The Morgan fingerprint density at radius 3 is 2.64 bits per heavy atom. The molecule has 1 aromatic heterocycles. The smallest absolute Gasteiger partial charge is 0.219 e. The first kappa shape index (κ1) is 21.1. The highest BCUT2D eigenvalue weighted by Crippen LogP contribution is 2.35. The maximum absolute atomic E-state index is 11.5. The van der Waals surface area contributed by atoms with E-state index in [0.717, 1.165) is 37.4 Å². The number of hydrogen-bond acceptors (Lipinski definition) is 6. The third-order valence-electron chi connectivity index (χ3n) is 6.35. The zero-order valence-corrected chi connectivity index (χ0v) is 17.2. The average molecular weight is 391 g/mol. The molecule has 1 saturated heterocycles. The molecule has 28 heavy (non-hydrogen) atoms. The molecule has 1 amide bonds. The second kappa shape index (κ2) is 9.29. The van der Waals surface area contributed by atoms with Crippen LogP contribution in [0.2, 0.25) is 0 Å². The van der Waals surface area contributed by atoms with Crippen molar-refractivity contribution in [2.75, 3.05) is 19.7 Å². The summed E-state index contributed by atoms with van der Waals surface area (Å²) in [6, 6.07) is 2.41. The molecule has 1 aromatic rings. The van der Waals surface area contributed by atoms with Crippen LogP contribution in [0.25, 0.3) is 0 Å². The van der Waals surface area contributed by atoms with Crippen LogP contribution in [0.5, 0.6) is 0 Å². The first-order valence-electron chi connectivity index (χ1n) is 10.5. The van der Waals surface area contributed by atoms with Gasteiger partial charge in [-0.3, -0.25) is 4.79 Å². The van der Waals surface area contributed by atoms with Crippen molar-refractivity contribution in [3.8, 4) is 0 Å². The summed E-state index contributed by atoms with van der Waals surface area (Å²) in [7, 11) is 0. The Bertz CT molecular complexity index is 661. The number of amides is 1. The van der Waals surface area contributed by atoms with E-state index in [-0.39, 0.29) is 36.3 Å². The molecule has 3 N–H and O–H groups in total. The Hall–Kier alpha value is -1.57. The van der Waals surface area contributed by atoms with E-state index in [4.69, 9.17) is 4.98 Å². The van der Waals surface area contributed by atoms with Gasteiger partial charge in [0.15, 0.2) is 0 Å². The van der Waals surface area contributed by atoms with Crippen molar-refractivity contribution in [1.29, 1.82) is 0 Å². The number of nitrogens with zero attached hydrogens (tertiary/aromatic N) is 3. The lowest BCUT2D eigenvalue weighted by Crippen LogP contribution is -2.49. The number of piperidine rings is 1.